The molecule has 1 amide bonds. The second-order valence-electron chi connectivity index (χ2n) is 4.39. The van der Waals surface area contributed by atoms with Gasteiger partial charge >= 0.3 is 5.97 Å². The maximum Gasteiger partial charge on any atom is 0.311 e. The molecular weight excluding hydrogens is 292 g/mol. The van der Waals surface area contributed by atoms with Crippen molar-refractivity contribution in [2.45, 2.75) is 26.8 Å². The largest absolute Gasteiger partial charge is 0.466 e. The van der Waals surface area contributed by atoms with E-state index >= 15 is 0 Å². The molecule has 0 fully saturated rings. The minimum absolute atomic E-state index is 0.110. The number of hydrogen-bond acceptors (Lipinski definition) is 6. The van der Waals surface area contributed by atoms with Crippen molar-refractivity contribution in [1.29, 1.82) is 0 Å². The predicted octanol–water partition coefficient (Wildman–Crippen LogP) is 1.39. The quantitative estimate of drug-likeness (QED) is 0.815. The van der Waals surface area contributed by atoms with Gasteiger partial charge in [0.2, 0.25) is 5.91 Å². The molecule has 0 saturated carbocycles. The van der Waals surface area contributed by atoms with Gasteiger partial charge in [-0.05, 0) is 19.4 Å². The van der Waals surface area contributed by atoms with Crippen LogP contribution in [0.25, 0.3) is 0 Å². The van der Waals surface area contributed by atoms with Gasteiger partial charge in [-0.1, -0.05) is 0 Å². The van der Waals surface area contributed by atoms with Gasteiger partial charge < -0.3 is 10.1 Å². The summed E-state index contributed by atoms with van der Waals surface area (Å²) in [5.74, 6) is -0.539. The zero-order chi connectivity index (χ0) is 15.2. The number of anilines is 1. The van der Waals surface area contributed by atoms with Gasteiger partial charge in [-0.15, -0.1) is 11.3 Å². The number of thiazole rings is 1. The number of carbonyl (C=O) groups excluding carboxylic acids is 2. The zero-order valence-electron chi connectivity index (χ0n) is 11.8. The fraction of sp³-hybridized carbons (Fsp3) is 0.385. The third-order valence-corrected chi connectivity index (χ3v) is 3.30. The molecule has 0 unspecified atom stereocenters. The van der Waals surface area contributed by atoms with E-state index in [4.69, 9.17) is 4.74 Å². The predicted molar refractivity (Wildman–Crippen MR) is 78.0 cm³/mol. The van der Waals surface area contributed by atoms with E-state index in [1.807, 2.05) is 6.92 Å². The SMILES string of the molecule is CCOC(=O)Cc1csc(NC(=O)Cn2cc(C)cn2)n1. The highest BCUT2D eigenvalue weighted by Gasteiger charge is 2.11. The van der Waals surface area contributed by atoms with Crippen molar-refractivity contribution in [2.24, 2.45) is 0 Å². The monoisotopic (exact) mass is 308 g/mol. The Morgan fingerprint density at radius 1 is 1.48 bits per heavy atom. The zero-order valence-corrected chi connectivity index (χ0v) is 12.6. The van der Waals surface area contributed by atoms with Crippen molar-refractivity contribution in [1.82, 2.24) is 14.8 Å². The Kier molecular flexibility index (Phi) is 5.04. The van der Waals surface area contributed by atoms with E-state index in [1.165, 1.54) is 11.3 Å². The van der Waals surface area contributed by atoms with Crippen molar-refractivity contribution >= 4 is 28.3 Å². The average molecular weight is 308 g/mol. The number of carbonyl (C=O) groups is 2. The average Bonchev–Trinajstić information content (AvgIpc) is 2.99. The van der Waals surface area contributed by atoms with Crippen LogP contribution < -0.4 is 5.32 Å². The third kappa shape index (κ3) is 4.67. The lowest BCUT2D eigenvalue weighted by Gasteiger charge is -2.01. The fourth-order valence-electron chi connectivity index (χ4n) is 1.66. The molecule has 2 rings (SSSR count). The maximum atomic E-state index is 11.8. The van der Waals surface area contributed by atoms with Gasteiger partial charge in [0.25, 0.3) is 0 Å². The summed E-state index contributed by atoms with van der Waals surface area (Å²) < 4.78 is 6.40. The number of nitrogens with one attached hydrogen (secondary N) is 1. The van der Waals surface area contributed by atoms with Crippen LogP contribution in [0.1, 0.15) is 18.2 Å². The summed E-state index contributed by atoms with van der Waals surface area (Å²) in [6.45, 7) is 4.13. The third-order valence-electron chi connectivity index (χ3n) is 2.50. The summed E-state index contributed by atoms with van der Waals surface area (Å²) in [7, 11) is 0. The van der Waals surface area contributed by atoms with Gasteiger partial charge in [-0.2, -0.15) is 5.10 Å². The van der Waals surface area contributed by atoms with Crippen LogP contribution in [0.15, 0.2) is 17.8 Å². The lowest BCUT2D eigenvalue weighted by molar-refractivity contribution is -0.142. The smallest absolute Gasteiger partial charge is 0.311 e. The summed E-state index contributed by atoms with van der Waals surface area (Å²) in [4.78, 5) is 27.3. The Morgan fingerprint density at radius 2 is 2.29 bits per heavy atom. The van der Waals surface area contributed by atoms with E-state index in [9.17, 15) is 9.59 Å². The fourth-order valence-corrected chi connectivity index (χ4v) is 2.39. The van der Waals surface area contributed by atoms with Crippen LogP contribution >= 0.6 is 11.3 Å². The Bertz CT molecular complexity index is 635. The minimum Gasteiger partial charge on any atom is -0.466 e. The van der Waals surface area contributed by atoms with Crippen LogP contribution in [0.3, 0.4) is 0 Å². The number of aromatic nitrogens is 3. The number of ether oxygens (including phenoxy) is 1. The van der Waals surface area contributed by atoms with E-state index in [0.717, 1.165) is 5.56 Å². The molecule has 0 aliphatic rings. The number of aryl methyl sites for hydroxylation is 1. The van der Waals surface area contributed by atoms with Crippen LogP contribution in [0.2, 0.25) is 0 Å². The summed E-state index contributed by atoms with van der Waals surface area (Å²) in [5, 5.41) is 8.91. The van der Waals surface area contributed by atoms with Crippen LogP contribution in [-0.2, 0) is 27.3 Å². The van der Waals surface area contributed by atoms with E-state index in [1.54, 1.807) is 29.4 Å². The molecular formula is C13H16N4O3S. The summed E-state index contributed by atoms with van der Waals surface area (Å²) >= 11 is 1.27. The molecule has 0 radical (unpaired) electrons. The van der Waals surface area contributed by atoms with Crippen molar-refractivity contribution in [3.63, 3.8) is 0 Å². The molecule has 112 valence electrons. The summed E-state index contributed by atoms with van der Waals surface area (Å²) in [6.07, 6.45) is 3.58. The normalized spacial score (nSPS) is 10.4. The second-order valence-corrected chi connectivity index (χ2v) is 5.25. The molecule has 2 aromatic heterocycles. The molecule has 1 N–H and O–H groups in total. The number of esters is 1. The van der Waals surface area contributed by atoms with Gasteiger partial charge in [-0.3, -0.25) is 14.3 Å². The molecule has 0 bridgehead atoms. The summed E-state index contributed by atoms with van der Waals surface area (Å²) in [5.41, 5.74) is 1.58. The van der Waals surface area contributed by atoms with E-state index in [2.05, 4.69) is 15.4 Å². The molecule has 2 aromatic rings. The molecule has 0 spiro atoms. The molecule has 8 heteroatoms. The second kappa shape index (κ2) is 6.98. The highest BCUT2D eigenvalue weighted by molar-refractivity contribution is 7.13. The highest BCUT2D eigenvalue weighted by Crippen LogP contribution is 2.16. The summed E-state index contributed by atoms with van der Waals surface area (Å²) in [6, 6.07) is 0. The first-order valence-electron chi connectivity index (χ1n) is 6.45. The van der Waals surface area contributed by atoms with Crippen LogP contribution in [-0.4, -0.2) is 33.2 Å². The first-order valence-corrected chi connectivity index (χ1v) is 7.33. The lowest BCUT2D eigenvalue weighted by atomic mass is 10.3. The van der Waals surface area contributed by atoms with Gasteiger partial charge in [0.05, 0.1) is 24.9 Å². The van der Waals surface area contributed by atoms with Crippen LogP contribution in [0.4, 0.5) is 5.13 Å². The Labute approximate surface area is 125 Å². The first-order chi connectivity index (χ1) is 10.1. The number of nitrogens with zero attached hydrogens (tertiary/aromatic N) is 3. The van der Waals surface area contributed by atoms with Gasteiger partial charge in [0, 0.05) is 11.6 Å². The van der Waals surface area contributed by atoms with Crippen LogP contribution in [0, 0.1) is 6.92 Å². The molecule has 0 atom stereocenters. The highest BCUT2D eigenvalue weighted by atomic mass is 32.1. The van der Waals surface area contributed by atoms with Crippen molar-refractivity contribution < 1.29 is 14.3 Å². The lowest BCUT2D eigenvalue weighted by Crippen LogP contribution is -2.19. The Morgan fingerprint density at radius 3 is 2.95 bits per heavy atom. The maximum absolute atomic E-state index is 11.8. The number of rotatable bonds is 6. The van der Waals surface area contributed by atoms with Gasteiger partial charge in [0.15, 0.2) is 5.13 Å². The van der Waals surface area contributed by atoms with Crippen LogP contribution in [0.5, 0.6) is 0 Å². The van der Waals surface area contributed by atoms with Crippen molar-refractivity contribution in [2.75, 3.05) is 11.9 Å². The molecule has 0 aliphatic heterocycles. The van der Waals surface area contributed by atoms with Gasteiger partial charge in [-0.25, -0.2) is 4.98 Å². The molecule has 7 nitrogen and oxygen atoms in total. The van der Waals surface area contributed by atoms with Crippen molar-refractivity contribution in [3.8, 4) is 0 Å². The van der Waals surface area contributed by atoms with E-state index in [-0.39, 0.29) is 24.8 Å². The molecule has 0 aromatic carbocycles. The Hall–Kier alpha value is -2.22. The van der Waals surface area contributed by atoms with Crippen molar-refractivity contribution in [3.05, 3.63) is 29.0 Å². The minimum atomic E-state index is -0.326. The topological polar surface area (TPSA) is 86.1 Å². The molecule has 2 heterocycles. The number of amides is 1. The molecule has 0 saturated heterocycles. The standard InChI is InChI=1S/C13H16N4O3S/c1-3-20-12(19)4-10-8-21-13(15-10)16-11(18)7-17-6-9(2)5-14-17/h5-6,8H,3-4,7H2,1-2H3,(H,15,16,18). The van der Waals surface area contributed by atoms with E-state index in [0.29, 0.717) is 17.4 Å². The Balaban J connectivity index is 1.87. The molecule has 0 aliphatic carbocycles. The molecule has 21 heavy (non-hydrogen) atoms. The number of hydrogen-bond donors (Lipinski definition) is 1. The van der Waals surface area contributed by atoms with E-state index < -0.39 is 0 Å². The van der Waals surface area contributed by atoms with Gasteiger partial charge in [0.1, 0.15) is 6.54 Å². The first kappa shape index (κ1) is 15.2.